The first-order valence-corrected chi connectivity index (χ1v) is 12.4. The van der Waals surface area contributed by atoms with E-state index in [9.17, 15) is 10.1 Å². The molecule has 4 rings (SSSR count). The lowest BCUT2D eigenvalue weighted by atomic mass is 10.1. The van der Waals surface area contributed by atoms with Crippen molar-refractivity contribution in [3.8, 4) is 17.3 Å². The summed E-state index contributed by atoms with van der Waals surface area (Å²) in [5.74, 6) is 0.666. The fourth-order valence-electron chi connectivity index (χ4n) is 3.80. The molecule has 1 amide bonds. The van der Waals surface area contributed by atoms with Crippen LogP contribution in [0.15, 0.2) is 47.6 Å². The number of anilines is 2. The molecule has 0 saturated carbocycles. The molecule has 35 heavy (non-hydrogen) atoms. The van der Waals surface area contributed by atoms with E-state index in [0.29, 0.717) is 16.6 Å². The van der Waals surface area contributed by atoms with Gasteiger partial charge in [-0.1, -0.05) is 30.0 Å². The van der Waals surface area contributed by atoms with Gasteiger partial charge < -0.3 is 16.0 Å². The SMILES string of the molecule is CC(=O)N(C)c1ccc(-c2nc(SCc3cccc(CN4CCNCC4)n3)nc(N)c2C#N)cc1. The Bertz CT molecular complexity index is 1240. The van der Waals surface area contributed by atoms with Crippen molar-refractivity contribution in [1.82, 2.24) is 25.2 Å². The highest BCUT2D eigenvalue weighted by molar-refractivity contribution is 7.98. The number of thioether (sulfide) groups is 1. The second kappa shape index (κ2) is 11.3. The molecule has 3 N–H and O–H groups in total. The van der Waals surface area contributed by atoms with E-state index in [1.165, 1.54) is 18.7 Å². The first-order valence-electron chi connectivity index (χ1n) is 11.4. The Hall–Kier alpha value is -3.52. The number of nitriles is 1. The molecule has 3 heterocycles. The Labute approximate surface area is 209 Å². The molecule has 180 valence electrons. The number of rotatable bonds is 7. The molecule has 1 saturated heterocycles. The summed E-state index contributed by atoms with van der Waals surface area (Å²) in [7, 11) is 1.71. The third kappa shape index (κ3) is 6.14. The van der Waals surface area contributed by atoms with Gasteiger partial charge in [0.25, 0.3) is 0 Å². The van der Waals surface area contributed by atoms with E-state index in [2.05, 4.69) is 32.3 Å². The molecule has 2 aromatic heterocycles. The standard InChI is InChI=1S/C25H28N8OS/c1-17(34)32(2)21-8-6-18(7-9-21)23-22(14-26)24(27)31-25(30-23)35-16-20-5-3-4-19(29-20)15-33-12-10-28-11-13-33/h3-9,28H,10-13,15-16H2,1-2H3,(H2,27,30,31). The lowest BCUT2D eigenvalue weighted by molar-refractivity contribution is -0.116. The highest BCUT2D eigenvalue weighted by Crippen LogP contribution is 2.30. The predicted molar refractivity (Wildman–Crippen MR) is 138 cm³/mol. The summed E-state index contributed by atoms with van der Waals surface area (Å²) < 4.78 is 0. The maximum Gasteiger partial charge on any atom is 0.223 e. The number of nitrogen functional groups attached to an aromatic ring is 1. The van der Waals surface area contributed by atoms with E-state index < -0.39 is 0 Å². The van der Waals surface area contributed by atoms with Crippen LogP contribution in [0.3, 0.4) is 0 Å². The van der Waals surface area contributed by atoms with Crippen LogP contribution in [-0.4, -0.2) is 59.0 Å². The average Bonchev–Trinajstić information content (AvgIpc) is 2.87. The molecule has 10 heteroatoms. The number of benzene rings is 1. The van der Waals surface area contributed by atoms with Crippen molar-refractivity contribution in [1.29, 1.82) is 5.26 Å². The molecular formula is C25H28N8OS. The summed E-state index contributed by atoms with van der Waals surface area (Å²) in [6, 6.07) is 15.5. The number of pyridine rings is 1. The van der Waals surface area contributed by atoms with Crippen LogP contribution in [0.1, 0.15) is 23.9 Å². The first kappa shape index (κ1) is 24.6. The van der Waals surface area contributed by atoms with Crippen molar-refractivity contribution < 1.29 is 4.79 Å². The molecular weight excluding hydrogens is 460 g/mol. The monoisotopic (exact) mass is 488 g/mol. The van der Waals surface area contributed by atoms with Crippen molar-refractivity contribution in [2.75, 3.05) is 43.9 Å². The van der Waals surface area contributed by atoms with E-state index in [1.54, 1.807) is 11.9 Å². The molecule has 1 aromatic carbocycles. The van der Waals surface area contributed by atoms with Gasteiger partial charge in [-0.25, -0.2) is 9.97 Å². The van der Waals surface area contributed by atoms with Gasteiger partial charge in [-0.3, -0.25) is 14.7 Å². The molecule has 1 aliphatic rings. The average molecular weight is 489 g/mol. The molecule has 0 bridgehead atoms. The van der Waals surface area contributed by atoms with Crippen LogP contribution in [0.25, 0.3) is 11.3 Å². The third-order valence-corrected chi connectivity index (χ3v) is 6.72. The number of aromatic nitrogens is 3. The maximum atomic E-state index is 11.6. The predicted octanol–water partition coefficient (Wildman–Crippen LogP) is 2.67. The Balaban J connectivity index is 1.51. The van der Waals surface area contributed by atoms with Crippen molar-refractivity contribution in [2.45, 2.75) is 24.4 Å². The Morgan fingerprint density at radius 2 is 1.86 bits per heavy atom. The van der Waals surface area contributed by atoms with Crippen LogP contribution in [0.5, 0.6) is 0 Å². The minimum atomic E-state index is -0.0638. The number of amides is 1. The van der Waals surface area contributed by atoms with Gasteiger partial charge in [0.05, 0.1) is 17.1 Å². The van der Waals surface area contributed by atoms with Gasteiger partial charge in [0.1, 0.15) is 17.5 Å². The lowest BCUT2D eigenvalue weighted by Gasteiger charge is -2.26. The zero-order chi connectivity index (χ0) is 24.8. The molecule has 0 atom stereocenters. The minimum Gasteiger partial charge on any atom is -0.382 e. The van der Waals surface area contributed by atoms with Gasteiger partial charge in [-0.05, 0) is 24.3 Å². The summed E-state index contributed by atoms with van der Waals surface area (Å²) in [6.45, 7) is 6.39. The van der Waals surface area contributed by atoms with Crippen LogP contribution in [0, 0.1) is 11.3 Å². The second-order valence-electron chi connectivity index (χ2n) is 8.29. The molecule has 1 fully saturated rings. The number of hydrogen-bond acceptors (Lipinski definition) is 9. The van der Waals surface area contributed by atoms with E-state index in [1.807, 2.05) is 36.4 Å². The number of carbonyl (C=O) groups is 1. The zero-order valence-corrected chi connectivity index (χ0v) is 20.7. The third-order valence-electron chi connectivity index (χ3n) is 5.84. The molecule has 1 aliphatic heterocycles. The summed E-state index contributed by atoms with van der Waals surface area (Å²) in [6.07, 6.45) is 0. The van der Waals surface area contributed by atoms with Crippen molar-refractivity contribution in [2.24, 2.45) is 0 Å². The topological polar surface area (TPSA) is 124 Å². The van der Waals surface area contributed by atoms with Crippen LogP contribution in [-0.2, 0) is 17.1 Å². The molecule has 0 unspecified atom stereocenters. The van der Waals surface area contributed by atoms with Crippen LogP contribution < -0.4 is 16.0 Å². The minimum absolute atomic E-state index is 0.0638. The highest BCUT2D eigenvalue weighted by Gasteiger charge is 2.16. The van der Waals surface area contributed by atoms with Crippen molar-refractivity contribution in [3.05, 3.63) is 59.4 Å². The molecule has 0 spiro atoms. The number of hydrogen-bond donors (Lipinski definition) is 2. The van der Waals surface area contributed by atoms with Gasteiger partial charge in [0.15, 0.2) is 5.16 Å². The number of piperazine rings is 1. The van der Waals surface area contributed by atoms with Gasteiger partial charge >= 0.3 is 0 Å². The number of nitrogens with two attached hydrogens (primary N) is 1. The van der Waals surface area contributed by atoms with E-state index in [4.69, 9.17) is 10.7 Å². The van der Waals surface area contributed by atoms with Crippen molar-refractivity contribution in [3.63, 3.8) is 0 Å². The highest BCUT2D eigenvalue weighted by atomic mass is 32.2. The Morgan fingerprint density at radius 1 is 1.14 bits per heavy atom. The largest absolute Gasteiger partial charge is 0.382 e. The van der Waals surface area contributed by atoms with Crippen molar-refractivity contribution >= 4 is 29.2 Å². The van der Waals surface area contributed by atoms with Crippen LogP contribution in [0.4, 0.5) is 11.5 Å². The summed E-state index contributed by atoms with van der Waals surface area (Å²) >= 11 is 1.43. The molecule has 3 aromatic rings. The second-order valence-corrected chi connectivity index (χ2v) is 9.23. The van der Waals surface area contributed by atoms with Gasteiger partial charge in [0.2, 0.25) is 5.91 Å². The fraction of sp³-hybridized carbons (Fsp3) is 0.320. The molecule has 0 radical (unpaired) electrons. The Morgan fingerprint density at radius 3 is 2.54 bits per heavy atom. The summed E-state index contributed by atoms with van der Waals surface area (Å²) in [5, 5.41) is 13.5. The zero-order valence-electron chi connectivity index (χ0n) is 19.9. The number of nitrogens with zero attached hydrogens (tertiary/aromatic N) is 6. The lowest BCUT2D eigenvalue weighted by Crippen LogP contribution is -2.43. The number of carbonyl (C=O) groups excluding carboxylic acids is 1. The van der Waals surface area contributed by atoms with Crippen LogP contribution in [0.2, 0.25) is 0 Å². The van der Waals surface area contributed by atoms with Gasteiger partial charge in [0, 0.05) is 63.7 Å². The summed E-state index contributed by atoms with van der Waals surface area (Å²) in [4.78, 5) is 29.4. The fourth-order valence-corrected chi connectivity index (χ4v) is 4.56. The van der Waals surface area contributed by atoms with Gasteiger partial charge in [-0.15, -0.1) is 0 Å². The Kier molecular flexibility index (Phi) is 7.92. The van der Waals surface area contributed by atoms with E-state index in [-0.39, 0.29) is 17.3 Å². The quantitative estimate of drug-likeness (QED) is 0.381. The normalized spacial score (nSPS) is 13.9. The molecule has 0 aliphatic carbocycles. The number of nitrogens with one attached hydrogen (secondary N) is 1. The van der Waals surface area contributed by atoms with Gasteiger partial charge in [-0.2, -0.15) is 5.26 Å². The van der Waals surface area contributed by atoms with E-state index >= 15 is 0 Å². The van der Waals surface area contributed by atoms with E-state index in [0.717, 1.165) is 55.4 Å². The summed E-state index contributed by atoms with van der Waals surface area (Å²) in [5.41, 5.74) is 10.3. The maximum absolute atomic E-state index is 11.6. The molecule has 9 nitrogen and oxygen atoms in total. The first-order chi connectivity index (χ1) is 16.9. The van der Waals surface area contributed by atoms with Crippen LogP contribution >= 0.6 is 11.8 Å². The smallest absolute Gasteiger partial charge is 0.223 e.